The third-order valence-corrected chi connectivity index (χ3v) is 5.21. The van der Waals surface area contributed by atoms with Gasteiger partial charge in [-0.15, -0.1) is 0 Å². The number of amides is 1. The Morgan fingerprint density at radius 3 is 2.72 bits per heavy atom. The number of ether oxygens (including phenoxy) is 1. The Morgan fingerprint density at radius 2 is 2.00 bits per heavy atom. The minimum atomic E-state index is 0.0234. The molecular weight excluding hydrogens is 314 g/mol. The van der Waals surface area contributed by atoms with Crippen molar-refractivity contribution in [1.29, 1.82) is 0 Å². The number of nitrogens with one attached hydrogen (secondary N) is 1. The van der Waals surface area contributed by atoms with Crippen LogP contribution in [0.1, 0.15) is 55.6 Å². The van der Waals surface area contributed by atoms with Crippen LogP contribution in [0.5, 0.6) is 11.5 Å². The fourth-order valence-corrected chi connectivity index (χ4v) is 3.73. The van der Waals surface area contributed by atoms with Crippen LogP contribution >= 0.6 is 0 Å². The van der Waals surface area contributed by atoms with E-state index in [0.717, 1.165) is 36.0 Å². The monoisotopic (exact) mass is 341 g/mol. The van der Waals surface area contributed by atoms with Crippen LogP contribution in [0.2, 0.25) is 0 Å². The first-order valence-electron chi connectivity index (χ1n) is 9.15. The third-order valence-electron chi connectivity index (χ3n) is 5.21. The summed E-state index contributed by atoms with van der Waals surface area (Å²) in [5.74, 6) is 0.795. The van der Waals surface area contributed by atoms with Gasteiger partial charge in [0.25, 0.3) is 5.91 Å². The molecule has 2 aliphatic rings. The Kier molecular flexibility index (Phi) is 5.47. The number of carbonyl (C=O) groups excluding carboxylic acids is 1. The van der Waals surface area contributed by atoms with Gasteiger partial charge in [0.15, 0.2) is 11.5 Å². The quantitative estimate of drug-likeness (QED) is 0.866. The van der Waals surface area contributed by atoms with E-state index < -0.39 is 0 Å². The molecule has 0 saturated heterocycles. The van der Waals surface area contributed by atoms with Gasteiger partial charge in [-0.2, -0.15) is 0 Å². The second kappa shape index (κ2) is 7.77. The molecule has 4 nitrogen and oxygen atoms in total. The van der Waals surface area contributed by atoms with Crippen molar-refractivity contribution in [2.24, 2.45) is 0 Å². The fourth-order valence-electron chi connectivity index (χ4n) is 3.73. The molecule has 0 aromatic heterocycles. The van der Waals surface area contributed by atoms with Gasteiger partial charge in [-0.05, 0) is 43.4 Å². The van der Waals surface area contributed by atoms with Gasteiger partial charge >= 0.3 is 0 Å². The van der Waals surface area contributed by atoms with Gasteiger partial charge in [-0.1, -0.05) is 43.6 Å². The van der Waals surface area contributed by atoms with Crippen molar-refractivity contribution in [3.8, 4) is 11.5 Å². The van der Waals surface area contributed by atoms with Gasteiger partial charge in [0, 0.05) is 17.5 Å². The molecule has 0 spiro atoms. The first-order valence-corrected chi connectivity index (χ1v) is 9.15. The van der Waals surface area contributed by atoms with E-state index in [4.69, 9.17) is 4.74 Å². The highest BCUT2D eigenvalue weighted by Crippen LogP contribution is 2.36. The Bertz CT molecular complexity index is 699. The molecule has 0 aliphatic heterocycles. The third kappa shape index (κ3) is 4.06. The number of rotatable bonds is 4. The predicted molar refractivity (Wildman–Crippen MR) is 99.0 cm³/mol. The first-order chi connectivity index (χ1) is 12.1. The summed E-state index contributed by atoms with van der Waals surface area (Å²) in [7, 11) is 1.55. The fraction of sp³-hybridized carbons (Fsp3) is 0.476. The van der Waals surface area contributed by atoms with E-state index in [-0.39, 0.29) is 17.6 Å². The van der Waals surface area contributed by atoms with E-state index in [0.29, 0.717) is 11.8 Å². The standard InChI is InChI=1S/C21H27NO3/c1-14-11-17(13-19(25-2)20(14)23)15-7-6-8-16(12-15)21(24)22-18-9-4-3-5-10-18/h6,8,11-13,15,18,23H,3-5,7,9-10H2,1-2H3,(H,22,24). The summed E-state index contributed by atoms with van der Waals surface area (Å²) in [6, 6.07) is 4.14. The maximum atomic E-state index is 12.6. The zero-order chi connectivity index (χ0) is 17.8. The maximum absolute atomic E-state index is 12.6. The SMILES string of the molecule is COc1cc(C2C=C(C(=O)NC3CCCCC3)C=CC2)cc(C)c1O. The predicted octanol–water partition coefficient (Wildman–Crippen LogP) is 4.13. The molecule has 0 radical (unpaired) electrons. The first kappa shape index (κ1) is 17.6. The highest BCUT2D eigenvalue weighted by molar-refractivity contribution is 5.96. The largest absolute Gasteiger partial charge is 0.504 e. The second-order valence-electron chi connectivity index (χ2n) is 7.06. The number of allylic oxidation sites excluding steroid dienone is 2. The highest BCUT2D eigenvalue weighted by Gasteiger charge is 2.21. The van der Waals surface area contributed by atoms with E-state index in [1.165, 1.54) is 19.3 Å². The number of carbonyl (C=O) groups is 1. The summed E-state index contributed by atoms with van der Waals surface area (Å²) >= 11 is 0. The van der Waals surface area contributed by atoms with Crippen LogP contribution in [0.4, 0.5) is 0 Å². The molecular formula is C21H27NO3. The number of phenols is 1. The number of methoxy groups -OCH3 is 1. The number of aromatic hydroxyl groups is 1. The van der Waals surface area contributed by atoms with Gasteiger partial charge in [0.05, 0.1) is 7.11 Å². The maximum Gasteiger partial charge on any atom is 0.251 e. The molecule has 1 fully saturated rings. The molecule has 134 valence electrons. The van der Waals surface area contributed by atoms with Crippen LogP contribution in [0.3, 0.4) is 0 Å². The van der Waals surface area contributed by atoms with E-state index in [1.54, 1.807) is 7.11 Å². The lowest BCUT2D eigenvalue weighted by Gasteiger charge is -2.24. The summed E-state index contributed by atoms with van der Waals surface area (Å²) in [5, 5.41) is 13.2. The summed E-state index contributed by atoms with van der Waals surface area (Å²) in [4.78, 5) is 12.6. The number of phenolic OH excluding ortho intramolecular Hbond substituents is 1. The summed E-state index contributed by atoms with van der Waals surface area (Å²) < 4.78 is 5.26. The lowest BCUT2D eigenvalue weighted by Crippen LogP contribution is -2.37. The zero-order valence-corrected chi connectivity index (χ0v) is 15.0. The molecule has 1 aromatic rings. The molecule has 2 N–H and O–H groups in total. The van der Waals surface area contributed by atoms with Crippen LogP contribution in [0.25, 0.3) is 0 Å². The molecule has 1 atom stereocenters. The smallest absolute Gasteiger partial charge is 0.251 e. The summed E-state index contributed by atoms with van der Waals surface area (Å²) in [6.07, 6.45) is 12.7. The zero-order valence-electron chi connectivity index (χ0n) is 15.0. The number of hydrogen-bond donors (Lipinski definition) is 2. The summed E-state index contributed by atoms with van der Waals surface area (Å²) in [6.45, 7) is 1.86. The Hall–Kier alpha value is -2.23. The molecule has 0 heterocycles. The molecule has 1 unspecified atom stereocenters. The van der Waals surface area contributed by atoms with Crippen molar-refractivity contribution in [3.63, 3.8) is 0 Å². The molecule has 1 saturated carbocycles. The van der Waals surface area contributed by atoms with Gasteiger partial charge in [-0.3, -0.25) is 4.79 Å². The van der Waals surface area contributed by atoms with Gasteiger partial charge in [-0.25, -0.2) is 0 Å². The lowest BCUT2D eigenvalue weighted by molar-refractivity contribution is -0.118. The average Bonchev–Trinajstić information content (AvgIpc) is 2.64. The normalized spacial score (nSPS) is 20.9. The van der Waals surface area contributed by atoms with Crippen LogP contribution in [0, 0.1) is 6.92 Å². The Morgan fingerprint density at radius 1 is 1.24 bits per heavy atom. The van der Waals surface area contributed by atoms with Gasteiger partial charge in [0.1, 0.15) is 0 Å². The van der Waals surface area contributed by atoms with E-state index in [1.807, 2.05) is 31.2 Å². The molecule has 3 rings (SSSR count). The summed E-state index contributed by atoms with van der Waals surface area (Å²) in [5.41, 5.74) is 2.57. The van der Waals surface area contributed by atoms with Gasteiger partial charge < -0.3 is 15.2 Å². The number of benzene rings is 1. The van der Waals surface area contributed by atoms with Crippen LogP contribution in [-0.4, -0.2) is 24.2 Å². The molecule has 1 aromatic carbocycles. The number of aryl methyl sites for hydroxylation is 1. The van der Waals surface area contributed by atoms with E-state index in [2.05, 4.69) is 11.4 Å². The van der Waals surface area contributed by atoms with Crippen LogP contribution in [0.15, 0.2) is 35.9 Å². The average molecular weight is 341 g/mol. The van der Waals surface area contributed by atoms with Crippen molar-refractivity contribution in [3.05, 3.63) is 47.1 Å². The molecule has 0 bridgehead atoms. The van der Waals surface area contributed by atoms with Crippen molar-refractivity contribution < 1.29 is 14.6 Å². The molecule has 2 aliphatic carbocycles. The van der Waals surface area contributed by atoms with Crippen molar-refractivity contribution >= 4 is 5.91 Å². The van der Waals surface area contributed by atoms with Crippen LogP contribution in [-0.2, 0) is 4.79 Å². The molecule has 4 heteroatoms. The molecule has 25 heavy (non-hydrogen) atoms. The van der Waals surface area contributed by atoms with Crippen LogP contribution < -0.4 is 10.1 Å². The minimum Gasteiger partial charge on any atom is -0.504 e. The Balaban J connectivity index is 1.76. The van der Waals surface area contributed by atoms with Crippen molar-refractivity contribution in [2.45, 2.75) is 57.4 Å². The highest BCUT2D eigenvalue weighted by atomic mass is 16.5. The van der Waals surface area contributed by atoms with Gasteiger partial charge in [0.2, 0.25) is 0 Å². The van der Waals surface area contributed by atoms with Crippen molar-refractivity contribution in [2.75, 3.05) is 7.11 Å². The van der Waals surface area contributed by atoms with Crippen molar-refractivity contribution in [1.82, 2.24) is 5.32 Å². The topological polar surface area (TPSA) is 58.6 Å². The van der Waals surface area contributed by atoms with E-state index in [9.17, 15) is 9.90 Å². The number of hydrogen-bond acceptors (Lipinski definition) is 3. The lowest BCUT2D eigenvalue weighted by atomic mass is 9.88. The Labute approximate surface area is 149 Å². The van der Waals surface area contributed by atoms with E-state index >= 15 is 0 Å². The minimum absolute atomic E-state index is 0.0234. The second-order valence-corrected chi connectivity index (χ2v) is 7.06. The molecule has 1 amide bonds.